The number of para-hydroxylation sites is 1. The van der Waals surface area contributed by atoms with Gasteiger partial charge in [0.05, 0.1) is 10.2 Å². The van der Waals surface area contributed by atoms with Crippen molar-refractivity contribution >= 4 is 45.0 Å². The number of nitrogens with one attached hydrogen (secondary N) is 2. The van der Waals surface area contributed by atoms with E-state index in [2.05, 4.69) is 22.5 Å². The maximum atomic E-state index is 12.3. The number of rotatable bonds is 4. The molecule has 0 radical (unpaired) electrons. The molecule has 3 rings (SSSR count). The number of amides is 1. The van der Waals surface area contributed by atoms with Gasteiger partial charge in [0, 0.05) is 6.42 Å². The number of piperidine rings is 1. The van der Waals surface area contributed by atoms with Crippen molar-refractivity contribution in [2.45, 2.75) is 33.1 Å². The molecular weight excluding hydrogens is 330 g/mol. The summed E-state index contributed by atoms with van der Waals surface area (Å²) in [5, 5.41) is 7.07. The van der Waals surface area contributed by atoms with Gasteiger partial charge in [-0.25, -0.2) is 4.98 Å². The zero-order valence-corrected chi connectivity index (χ0v) is 15.2. The van der Waals surface area contributed by atoms with E-state index in [1.54, 1.807) is 11.3 Å². The molecule has 126 valence electrons. The Balaban J connectivity index is 0.00000192. The summed E-state index contributed by atoms with van der Waals surface area (Å²) in [4.78, 5) is 16.8. The zero-order chi connectivity index (χ0) is 15.5. The first kappa shape index (κ1) is 18.2. The molecule has 1 aromatic heterocycles. The minimum Gasteiger partial charge on any atom is -0.317 e. The quantitative estimate of drug-likeness (QED) is 0.873. The van der Waals surface area contributed by atoms with Crippen LogP contribution in [0.4, 0.5) is 5.13 Å². The maximum Gasteiger partial charge on any atom is 0.226 e. The average molecular weight is 354 g/mol. The first-order valence-electron chi connectivity index (χ1n) is 8.00. The van der Waals surface area contributed by atoms with Crippen LogP contribution in [0.3, 0.4) is 0 Å². The lowest BCUT2D eigenvalue weighted by Crippen LogP contribution is -2.32. The number of hydrogen-bond donors (Lipinski definition) is 2. The molecular formula is C17H24ClN3OS. The monoisotopic (exact) mass is 353 g/mol. The average Bonchev–Trinajstić information content (AvgIpc) is 2.92. The Morgan fingerprint density at radius 1 is 1.43 bits per heavy atom. The summed E-state index contributed by atoms with van der Waals surface area (Å²) in [6.45, 7) is 6.40. The fourth-order valence-electron chi connectivity index (χ4n) is 3.18. The van der Waals surface area contributed by atoms with Crippen molar-refractivity contribution in [3.63, 3.8) is 0 Å². The SMILES string of the molecule is Cc1cccc2sc(NC(=O)CC(C)C3CCNCC3)nc12.Cl. The van der Waals surface area contributed by atoms with Crippen LogP contribution in [-0.4, -0.2) is 24.0 Å². The van der Waals surface area contributed by atoms with Gasteiger partial charge in [-0.1, -0.05) is 30.4 Å². The van der Waals surface area contributed by atoms with Gasteiger partial charge in [0.1, 0.15) is 0 Å². The second kappa shape index (κ2) is 8.08. The molecule has 23 heavy (non-hydrogen) atoms. The van der Waals surface area contributed by atoms with Crippen LogP contribution >= 0.6 is 23.7 Å². The van der Waals surface area contributed by atoms with Crippen LogP contribution in [-0.2, 0) is 4.79 Å². The summed E-state index contributed by atoms with van der Waals surface area (Å²) in [6, 6.07) is 6.13. The van der Waals surface area contributed by atoms with E-state index in [0.717, 1.165) is 28.9 Å². The fraction of sp³-hybridized carbons (Fsp3) is 0.529. The van der Waals surface area contributed by atoms with Gasteiger partial charge in [-0.05, 0) is 56.3 Å². The largest absolute Gasteiger partial charge is 0.317 e. The van der Waals surface area contributed by atoms with Gasteiger partial charge in [-0.15, -0.1) is 12.4 Å². The highest BCUT2D eigenvalue weighted by molar-refractivity contribution is 7.22. The molecule has 1 unspecified atom stereocenters. The summed E-state index contributed by atoms with van der Waals surface area (Å²) in [6.07, 6.45) is 2.93. The zero-order valence-electron chi connectivity index (χ0n) is 13.6. The molecule has 4 nitrogen and oxygen atoms in total. The van der Waals surface area contributed by atoms with E-state index in [9.17, 15) is 4.79 Å². The van der Waals surface area contributed by atoms with Gasteiger partial charge in [0.25, 0.3) is 0 Å². The lowest BCUT2D eigenvalue weighted by atomic mass is 9.84. The van der Waals surface area contributed by atoms with Crippen LogP contribution in [0.1, 0.15) is 31.7 Å². The Hall–Kier alpha value is -1.17. The molecule has 1 aromatic carbocycles. The predicted octanol–water partition coefficient (Wildman–Crippen LogP) is 3.99. The normalized spacial score (nSPS) is 16.8. The maximum absolute atomic E-state index is 12.3. The van der Waals surface area contributed by atoms with Gasteiger partial charge in [-0.2, -0.15) is 0 Å². The molecule has 1 aliphatic heterocycles. The molecule has 1 amide bonds. The number of hydrogen-bond acceptors (Lipinski definition) is 4. The first-order chi connectivity index (χ1) is 10.6. The smallest absolute Gasteiger partial charge is 0.226 e. The van der Waals surface area contributed by atoms with Crippen LogP contribution in [0.2, 0.25) is 0 Å². The van der Waals surface area contributed by atoms with Gasteiger partial charge >= 0.3 is 0 Å². The highest BCUT2D eigenvalue weighted by Gasteiger charge is 2.22. The van der Waals surface area contributed by atoms with Crippen molar-refractivity contribution in [3.8, 4) is 0 Å². The fourth-order valence-corrected chi connectivity index (χ4v) is 4.14. The number of anilines is 1. The molecule has 2 N–H and O–H groups in total. The number of fused-ring (bicyclic) bond motifs is 1. The van der Waals surface area contributed by atoms with Crippen molar-refractivity contribution in [1.82, 2.24) is 10.3 Å². The second-order valence-corrected chi connectivity index (χ2v) is 7.29. The van der Waals surface area contributed by atoms with E-state index in [-0.39, 0.29) is 18.3 Å². The third kappa shape index (κ3) is 4.43. The van der Waals surface area contributed by atoms with Crippen molar-refractivity contribution < 1.29 is 4.79 Å². The Labute approximate surface area is 147 Å². The first-order valence-corrected chi connectivity index (χ1v) is 8.82. The van der Waals surface area contributed by atoms with Crippen LogP contribution in [0.5, 0.6) is 0 Å². The molecule has 0 saturated carbocycles. The summed E-state index contributed by atoms with van der Waals surface area (Å²) in [5.74, 6) is 1.17. The van der Waals surface area contributed by atoms with Gasteiger partial charge < -0.3 is 10.6 Å². The Bertz CT molecular complexity index is 667. The van der Waals surface area contributed by atoms with Crippen molar-refractivity contribution in [1.29, 1.82) is 0 Å². The van der Waals surface area contributed by atoms with Crippen molar-refractivity contribution in [3.05, 3.63) is 23.8 Å². The molecule has 1 atom stereocenters. The molecule has 2 heterocycles. The van der Waals surface area contributed by atoms with Crippen LogP contribution in [0.15, 0.2) is 18.2 Å². The van der Waals surface area contributed by atoms with E-state index in [1.165, 1.54) is 12.8 Å². The van der Waals surface area contributed by atoms with Gasteiger partial charge in [-0.3, -0.25) is 4.79 Å². The van der Waals surface area contributed by atoms with Crippen molar-refractivity contribution in [2.75, 3.05) is 18.4 Å². The Morgan fingerprint density at radius 2 is 2.17 bits per heavy atom. The molecule has 2 aromatic rings. The molecule has 0 bridgehead atoms. The minimum atomic E-state index is 0. The number of aryl methyl sites for hydroxylation is 1. The summed E-state index contributed by atoms with van der Waals surface area (Å²) >= 11 is 1.55. The number of carbonyl (C=O) groups is 1. The Kier molecular flexibility index (Phi) is 6.39. The molecule has 1 saturated heterocycles. The Morgan fingerprint density at radius 3 is 2.87 bits per heavy atom. The van der Waals surface area contributed by atoms with Crippen LogP contribution in [0.25, 0.3) is 10.2 Å². The topological polar surface area (TPSA) is 54.0 Å². The highest BCUT2D eigenvalue weighted by atomic mass is 35.5. The standard InChI is InChI=1S/C17H23N3OS.ClH/c1-11-4-3-5-14-16(11)20-17(22-14)19-15(21)10-12(2)13-6-8-18-9-7-13;/h3-5,12-13,18H,6-10H2,1-2H3,(H,19,20,21);1H. The molecule has 1 fully saturated rings. The molecule has 1 aliphatic rings. The van der Waals surface area contributed by atoms with E-state index < -0.39 is 0 Å². The second-order valence-electron chi connectivity index (χ2n) is 6.26. The number of nitrogens with zero attached hydrogens (tertiary/aromatic N) is 1. The summed E-state index contributed by atoms with van der Waals surface area (Å²) in [5.41, 5.74) is 2.14. The van der Waals surface area contributed by atoms with Crippen molar-refractivity contribution in [2.24, 2.45) is 11.8 Å². The molecule has 0 aliphatic carbocycles. The van der Waals surface area contributed by atoms with Gasteiger partial charge in [0.15, 0.2) is 5.13 Å². The number of thiazole rings is 1. The lowest BCUT2D eigenvalue weighted by molar-refractivity contribution is -0.117. The number of halogens is 1. The minimum absolute atomic E-state index is 0. The third-order valence-corrected chi connectivity index (χ3v) is 5.50. The summed E-state index contributed by atoms with van der Waals surface area (Å²) in [7, 11) is 0. The van der Waals surface area contributed by atoms with Gasteiger partial charge in [0.2, 0.25) is 5.91 Å². The van der Waals surface area contributed by atoms with Crippen LogP contribution < -0.4 is 10.6 Å². The predicted molar refractivity (Wildman–Crippen MR) is 99.6 cm³/mol. The van der Waals surface area contributed by atoms with E-state index >= 15 is 0 Å². The summed E-state index contributed by atoms with van der Waals surface area (Å²) < 4.78 is 1.13. The van der Waals surface area contributed by atoms with Crippen LogP contribution in [0, 0.1) is 18.8 Å². The highest BCUT2D eigenvalue weighted by Crippen LogP contribution is 2.29. The van der Waals surface area contributed by atoms with E-state index in [0.29, 0.717) is 23.4 Å². The number of carbonyl (C=O) groups excluding carboxylic acids is 1. The van der Waals surface area contributed by atoms with E-state index in [1.807, 2.05) is 25.1 Å². The molecule has 6 heteroatoms. The number of benzene rings is 1. The third-order valence-electron chi connectivity index (χ3n) is 4.56. The van der Waals surface area contributed by atoms with E-state index in [4.69, 9.17) is 0 Å². The number of aromatic nitrogens is 1. The lowest BCUT2D eigenvalue weighted by Gasteiger charge is -2.27. The molecule has 0 spiro atoms.